The largest absolute Gasteiger partial charge is 0.493 e. The molecule has 1 heterocycles. The summed E-state index contributed by atoms with van der Waals surface area (Å²) in [5, 5.41) is 1.01. The van der Waals surface area contributed by atoms with E-state index in [2.05, 4.69) is 4.98 Å². The molecule has 0 spiro atoms. The topological polar surface area (TPSA) is 48.1 Å². The third-order valence-electron chi connectivity index (χ3n) is 3.96. The summed E-state index contributed by atoms with van der Waals surface area (Å²) in [4.78, 5) is 4.33. The molecule has 0 radical (unpaired) electrons. The van der Waals surface area contributed by atoms with Gasteiger partial charge in [-0.25, -0.2) is 0 Å². The van der Waals surface area contributed by atoms with Crippen LogP contribution in [0, 0.1) is 5.92 Å². The van der Waals surface area contributed by atoms with Crippen LogP contribution < -0.4 is 10.5 Å². The van der Waals surface area contributed by atoms with Crippen molar-refractivity contribution in [2.75, 3.05) is 12.3 Å². The van der Waals surface area contributed by atoms with Crippen molar-refractivity contribution >= 4 is 16.6 Å². The van der Waals surface area contributed by atoms with E-state index < -0.39 is 0 Å². The highest BCUT2D eigenvalue weighted by atomic mass is 16.5. The van der Waals surface area contributed by atoms with Gasteiger partial charge >= 0.3 is 0 Å². The van der Waals surface area contributed by atoms with Gasteiger partial charge in [0.25, 0.3) is 0 Å². The van der Waals surface area contributed by atoms with Gasteiger partial charge in [0, 0.05) is 11.6 Å². The number of benzene rings is 1. The van der Waals surface area contributed by atoms with Gasteiger partial charge in [0.1, 0.15) is 5.75 Å². The molecule has 1 fully saturated rings. The molecule has 1 aliphatic carbocycles. The average molecular weight is 256 g/mol. The molecule has 3 nitrogen and oxygen atoms in total. The fraction of sp³-hybridized carbons (Fsp3) is 0.438. The van der Waals surface area contributed by atoms with Gasteiger partial charge in [-0.05, 0) is 43.0 Å². The Kier molecular flexibility index (Phi) is 3.53. The number of nitrogens with two attached hydrogens (primary N) is 1. The van der Waals surface area contributed by atoms with Crippen molar-refractivity contribution in [1.29, 1.82) is 0 Å². The van der Waals surface area contributed by atoms with Gasteiger partial charge in [-0.3, -0.25) is 4.98 Å². The van der Waals surface area contributed by atoms with E-state index in [4.69, 9.17) is 10.5 Å². The normalized spacial score (nSPS) is 16.6. The van der Waals surface area contributed by atoms with Crippen LogP contribution in [0.15, 0.2) is 30.5 Å². The highest BCUT2D eigenvalue weighted by Crippen LogP contribution is 2.30. The summed E-state index contributed by atoms with van der Waals surface area (Å²) in [6.45, 7) is 0.813. The van der Waals surface area contributed by atoms with E-state index in [0.29, 0.717) is 11.6 Å². The second-order valence-corrected chi connectivity index (χ2v) is 5.37. The molecule has 19 heavy (non-hydrogen) atoms. The number of aromatic nitrogens is 1. The number of hydrogen-bond acceptors (Lipinski definition) is 3. The van der Waals surface area contributed by atoms with Crippen molar-refractivity contribution in [3.05, 3.63) is 30.5 Å². The first-order chi connectivity index (χ1) is 9.34. The average Bonchev–Trinajstić information content (AvgIpc) is 2.48. The first kappa shape index (κ1) is 12.3. The molecule has 2 N–H and O–H groups in total. The number of hydrogen-bond donors (Lipinski definition) is 1. The van der Waals surface area contributed by atoms with Gasteiger partial charge in [-0.2, -0.15) is 0 Å². The second kappa shape index (κ2) is 5.47. The van der Waals surface area contributed by atoms with Crippen molar-refractivity contribution in [1.82, 2.24) is 4.98 Å². The van der Waals surface area contributed by atoms with Crippen LogP contribution in [-0.4, -0.2) is 11.6 Å². The maximum atomic E-state index is 6.02. The van der Waals surface area contributed by atoms with E-state index in [1.807, 2.05) is 24.3 Å². The Labute approximate surface area is 113 Å². The van der Waals surface area contributed by atoms with Crippen LogP contribution >= 0.6 is 0 Å². The fourth-order valence-electron chi connectivity index (χ4n) is 2.86. The standard InChI is InChI=1S/C16H20N2O/c17-14-8-9-15(13-7-4-10-18-16(13)14)19-11-12-5-2-1-3-6-12/h4,7-10,12H,1-3,5-6,11,17H2. The monoisotopic (exact) mass is 256 g/mol. The van der Waals surface area contributed by atoms with Crippen LogP contribution in [0.4, 0.5) is 5.69 Å². The summed E-state index contributed by atoms with van der Waals surface area (Å²) in [6, 6.07) is 7.79. The second-order valence-electron chi connectivity index (χ2n) is 5.37. The van der Waals surface area contributed by atoms with Crippen LogP contribution in [-0.2, 0) is 0 Å². The molecule has 0 unspecified atom stereocenters. The first-order valence-corrected chi connectivity index (χ1v) is 7.10. The SMILES string of the molecule is Nc1ccc(OCC2CCCCC2)c2cccnc12. The number of nitrogen functional groups attached to an aromatic ring is 1. The van der Waals surface area contributed by atoms with E-state index in [1.165, 1.54) is 32.1 Å². The van der Waals surface area contributed by atoms with Crippen molar-refractivity contribution in [3.8, 4) is 5.75 Å². The molecular weight excluding hydrogens is 236 g/mol. The van der Waals surface area contributed by atoms with E-state index in [-0.39, 0.29) is 0 Å². The molecule has 0 aliphatic heterocycles. The quantitative estimate of drug-likeness (QED) is 0.850. The van der Waals surface area contributed by atoms with Gasteiger partial charge < -0.3 is 10.5 Å². The Morgan fingerprint density at radius 3 is 2.84 bits per heavy atom. The molecule has 3 rings (SSSR count). The molecule has 2 aromatic rings. The lowest BCUT2D eigenvalue weighted by Gasteiger charge is -2.22. The molecule has 100 valence electrons. The highest BCUT2D eigenvalue weighted by Gasteiger charge is 2.15. The first-order valence-electron chi connectivity index (χ1n) is 7.10. The van der Waals surface area contributed by atoms with Crippen molar-refractivity contribution in [3.63, 3.8) is 0 Å². The molecular formula is C16H20N2O. The summed E-state index contributed by atoms with van der Waals surface area (Å²) in [7, 11) is 0. The maximum absolute atomic E-state index is 6.02. The Bertz CT molecular complexity index is 562. The van der Waals surface area contributed by atoms with Crippen LogP contribution in [0.3, 0.4) is 0 Å². The number of pyridine rings is 1. The Balaban J connectivity index is 1.79. The van der Waals surface area contributed by atoms with Gasteiger partial charge in [0.15, 0.2) is 0 Å². The summed E-state index contributed by atoms with van der Waals surface area (Å²) in [5.74, 6) is 1.61. The van der Waals surface area contributed by atoms with Crippen LogP contribution in [0.5, 0.6) is 5.75 Å². The Hall–Kier alpha value is -1.77. The molecule has 1 saturated carbocycles. The number of rotatable bonds is 3. The zero-order valence-corrected chi connectivity index (χ0v) is 11.1. The van der Waals surface area contributed by atoms with Crippen LogP contribution in [0.1, 0.15) is 32.1 Å². The number of fused-ring (bicyclic) bond motifs is 1. The van der Waals surface area contributed by atoms with Crippen molar-refractivity contribution in [2.45, 2.75) is 32.1 Å². The number of nitrogens with zero attached hydrogens (tertiary/aromatic N) is 1. The third kappa shape index (κ3) is 2.65. The minimum Gasteiger partial charge on any atom is -0.493 e. The molecule has 1 aromatic heterocycles. The zero-order chi connectivity index (χ0) is 13.1. The fourth-order valence-corrected chi connectivity index (χ4v) is 2.86. The van der Waals surface area contributed by atoms with Gasteiger partial charge in [-0.15, -0.1) is 0 Å². The summed E-state index contributed by atoms with van der Waals surface area (Å²) in [5.41, 5.74) is 7.49. The summed E-state index contributed by atoms with van der Waals surface area (Å²) in [6.07, 6.45) is 8.43. The number of anilines is 1. The van der Waals surface area contributed by atoms with Crippen molar-refractivity contribution < 1.29 is 4.74 Å². The van der Waals surface area contributed by atoms with E-state index in [0.717, 1.165) is 23.3 Å². The highest BCUT2D eigenvalue weighted by molar-refractivity contribution is 5.93. The lowest BCUT2D eigenvalue weighted by Crippen LogP contribution is -2.15. The van der Waals surface area contributed by atoms with E-state index in [9.17, 15) is 0 Å². The minimum atomic E-state index is 0.707. The third-order valence-corrected chi connectivity index (χ3v) is 3.96. The van der Waals surface area contributed by atoms with Gasteiger partial charge in [0.05, 0.1) is 17.8 Å². The van der Waals surface area contributed by atoms with Crippen LogP contribution in [0.25, 0.3) is 10.9 Å². The Morgan fingerprint density at radius 2 is 2.00 bits per heavy atom. The molecule has 3 heteroatoms. The molecule has 1 aromatic carbocycles. The summed E-state index contributed by atoms with van der Waals surface area (Å²) >= 11 is 0. The minimum absolute atomic E-state index is 0.707. The Morgan fingerprint density at radius 1 is 1.16 bits per heavy atom. The zero-order valence-electron chi connectivity index (χ0n) is 11.1. The van der Waals surface area contributed by atoms with Gasteiger partial charge in [0.2, 0.25) is 0 Å². The summed E-state index contributed by atoms with van der Waals surface area (Å²) < 4.78 is 6.02. The van der Waals surface area contributed by atoms with E-state index in [1.54, 1.807) is 6.20 Å². The van der Waals surface area contributed by atoms with Crippen LogP contribution in [0.2, 0.25) is 0 Å². The molecule has 0 bridgehead atoms. The smallest absolute Gasteiger partial charge is 0.128 e. The number of ether oxygens (including phenoxy) is 1. The molecule has 0 atom stereocenters. The maximum Gasteiger partial charge on any atom is 0.128 e. The van der Waals surface area contributed by atoms with Crippen molar-refractivity contribution in [2.24, 2.45) is 5.92 Å². The van der Waals surface area contributed by atoms with E-state index >= 15 is 0 Å². The molecule has 0 saturated heterocycles. The molecule has 0 amide bonds. The predicted molar refractivity (Wildman–Crippen MR) is 78.2 cm³/mol. The lowest BCUT2D eigenvalue weighted by molar-refractivity contribution is 0.210. The predicted octanol–water partition coefficient (Wildman–Crippen LogP) is 3.78. The molecule has 1 aliphatic rings. The van der Waals surface area contributed by atoms with Gasteiger partial charge in [-0.1, -0.05) is 19.3 Å². The lowest BCUT2D eigenvalue weighted by atomic mass is 9.90.